The van der Waals surface area contributed by atoms with Crippen molar-refractivity contribution >= 4 is 60.5 Å². The molecule has 0 N–H and O–H groups in total. The third-order valence-corrected chi connectivity index (χ3v) is 10.2. The molecular formula is C50H33NO. The summed E-state index contributed by atoms with van der Waals surface area (Å²) in [5, 5.41) is 7.10. The SMILES string of the molecule is c1ccc(-c2ccc(N(c3ccc(-c4ccc5ccccc5c4)cc3)c3cccc4c3oc3c(-c5ccccc5)cc5ccccc5c34)cc2)cc1. The van der Waals surface area contributed by atoms with Crippen LogP contribution >= 0.6 is 0 Å². The highest BCUT2D eigenvalue weighted by molar-refractivity contribution is 6.24. The minimum absolute atomic E-state index is 0.858. The van der Waals surface area contributed by atoms with E-state index in [4.69, 9.17) is 4.42 Å². The summed E-state index contributed by atoms with van der Waals surface area (Å²) in [6.07, 6.45) is 0. The molecule has 0 spiro atoms. The van der Waals surface area contributed by atoms with Gasteiger partial charge in [0.05, 0.1) is 5.69 Å². The standard InChI is InChI=1S/C50H33NO/c1-3-12-34(13-4-1)36-24-28-42(29-25-36)51(43-30-26-37(27-31-43)40-23-22-35-14-7-8-17-39(35)32-40)47-21-11-20-45-48-44-19-10-9-18-41(44)33-46(50(48)52-49(45)47)38-15-5-2-6-16-38/h1-33H. The molecular weight excluding hydrogens is 631 g/mol. The first-order chi connectivity index (χ1) is 25.8. The van der Waals surface area contributed by atoms with E-state index >= 15 is 0 Å². The molecule has 0 amide bonds. The van der Waals surface area contributed by atoms with E-state index in [-0.39, 0.29) is 0 Å². The molecule has 0 unspecified atom stereocenters. The van der Waals surface area contributed by atoms with Gasteiger partial charge >= 0.3 is 0 Å². The maximum absolute atomic E-state index is 7.09. The van der Waals surface area contributed by atoms with Crippen molar-refractivity contribution in [2.45, 2.75) is 0 Å². The van der Waals surface area contributed by atoms with Gasteiger partial charge < -0.3 is 9.32 Å². The summed E-state index contributed by atoms with van der Waals surface area (Å²) in [5.74, 6) is 0. The molecule has 10 aromatic rings. The molecule has 0 aliphatic rings. The molecule has 1 aromatic heterocycles. The summed E-state index contributed by atoms with van der Waals surface area (Å²) in [7, 11) is 0. The first kappa shape index (κ1) is 30.0. The summed E-state index contributed by atoms with van der Waals surface area (Å²) in [5.41, 5.74) is 11.8. The highest BCUT2D eigenvalue weighted by Gasteiger charge is 2.22. The van der Waals surface area contributed by atoms with Gasteiger partial charge in [0.1, 0.15) is 5.58 Å². The summed E-state index contributed by atoms with van der Waals surface area (Å²) in [4.78, 5) is 2.33. The maximum Gasteiger partial charge on any atom is 0.159 e. The lowest BCUT2D eigenvalue weighted by Crippen LogP contribution is -2.10. The number of para-hydroxylation sites is 1. The third kappa shape index (κ3) is 5.12. The van der Waals surface area contributed by atoms with Crippen molar-refractivity contribution in [2.75, 3.05) is 4.90 Å². The number of furan rings is 1. The first-order valence-electron chi connectivity index (χ1n) is 17.8. The van der Waals surface area contributed by atoms with Gasteiger partial charge in [-0.2, -0.15) is 0 Å². The highest BCUT2D eigenvalue weighted by atomic mass is 16.3. The summed E-state index contributed by atoms with van der Waals surface area (Å²) in [6.45, 7) is 0. The third-order valence-electron chi connectivity index (χ3n) is 10.2. The largest absolute Gasteiger partial charge is 0.453 e. The van der Waals surface area contributed by atoms with Gasteiger partial charge in [-0.15, -0.1) is 0 Å². The van der Waals surface area contributed by atoms with Crippen molar-refractivity contribution in [3.63, 3.8) is 0 Å². The minimum atomic E-state index is 0.858. The molecule has 0 bridgehead atoms. The molecule has 9 aromatic carbocycles. The fourth-order valence-electron chi connectivity index (χ4n) is 7.67. The molecule has 1 heterocycles. The second-order valence-corrected chi connectivity index (χ2v) is 13.3. The number of rotatable bonds is 6. The molecule has 2 nitrogen and oxygen atoms in total. The Morgan fingerprint density at radius 3 is 1.58 bits per heavy atom. The van der Waals surface area contributed by atoms with E-state index in [0.29, 0.717) is 0 Å². The Labute approximate surface area is 302 Å². The van der Waals surface area contributed by atoms with Crippen molar-refractivity contribution in [2.24, 2.45) is 0 Å². The fourth-order valence-corrected chi connectivity index (χ4v) is 7.67. The van der Waals surface area contributed by atoms with Crippen LogP contribution in [0.3, 0.4) is 0 Å². The van der Waals surface area contributed by atoms with Crippen LogP contribution in [-0.2, 0) is 0 Å². The molecule has 244 valence electrons. The van der Waals surface area contributed by atoms with Crippen LogP contribution in [-0.4, -0.2) is 0 Å². The Bertz CT molecular complexity index is 2870. The van der Waals surface area contributed by atoms with Crippen molar-refractivity contribution in [3.8, 4) is 33.4 Å². The second kappa shape index (κ2) is 12.5. The number of hydrogen-bond acceptors (Lipinski definition) is 2. The average Bonchev–Trinajstić information content (AvgIpc) is 3.63. The molecule has 52 heavy (non-hydrogen) atoms. The first-order valence-corrected chi connectivity index (χ1v) is 17.8. The number of anilines is 3. The summed E-state index contributed by atoms with van der Waals surface area (Å²) in [6, 6.07) is 71.5. The van der Waals surface area contributed by atoms with E-state index in [1.807, 2.05) is 0 Å². The zero-order chi connectivity index (χ0) is 34.4. The van der Waals surface area contributed by atoms with E-state index in [0.717, 1.165) is 50.1 Å². The monoisotopic (exact) mass is 663 g/mol. The molecule has 0 saturated carbocycles. The quantitative estimate of drug-likeness (QED) is 0.176. The Morgan fingerprint density at radius 2 is 0.865 bits per heavy atom. The van der Waals surface area contributed by atoms with E-state index < -0.39 is 0 Å². The van der Waals surface area contributed by atoms with Gasteiger partial charge in [-0.1, -0.05) is 158 Å². The van der Waals surface area contributed by atoms with Gasteiger partial charge in [0.25, 0.3) is 0 Å². The number of benzene rings is 9. The molecule has 0 aliphatic heterocycles. The predicted octanol–water partition coefficient (Wildman–Crippen LogP) is 14.4. The minimum Gasteiger partial charge on any atom is -0.453 e. The number of nitrogens with zero attached hydrogens (tertiary/aromatic N) is 1. The van der Waals surface area contributed by atoms with E-state index in [9.17, 15) is 0 Å². The van der Waals surface area contributed by atoms with E-state index in [1.165, 1.54) is 43.8 Å². The van der Waals surface area contributed by atoms with Crippen molar-refractivity contribution in [1.82, 2.24) is 0 Å². The Morgan fingerprint density at radius 1 is 0.327 bits per heavy atom. The Balaban J connectivity index is 1.18. The molecule has 10 rings (SSSR count). The van der Waals surface area contributed by atoms with E-state index in [2.05, 4.69) is 205 Å². The number of hydrogen-bond donors (Lipinski definition) is 0. The lowest BCUT2D eigenvalue weighted by molar-refractivity contribution is 0.670. The zero-order valence-corrected chi connectivity index (χ0v) is 28.4. The summed E-state index contributed by atoms with van der Waals surface area (Å²) < 4.78 is 7.09. The van der Waals surface area contributed by atoms with Gasteiger partial charge in [0.15, 0.2) is 5.58 Å². The number of fused-ring (bicyclic) bond motifs is 6. The molecule has 2 heteroatoms. The van der Waals surface area contributed by atoms with Gasteiger partial charge in [0.2, 0.25) is 0 Å². The van der Waals surface area contributed by atoms with E-state index in [1.54, 1.807) is 0 Å². The summed E-state index contributed by atoms with van der Waals surface area (Å²) >= 11 is 0. The molecule has 0 aliphatic carbocycles. The van der Waals surface area contributed by atoms with Crippen LogP contribution in [0, 0.1) is 0 Å². The van der Waals surface area contributed by atoms with Crippen LogP contribution in [0.5, 0.6) is 0 Å². The molecule has 0 fully saturated rings. The van der Waals surface area contributed by atoms with Crippen LogP contribution in [0.2, 0.25) is 0 Å². The van der Waals surface area contributed by atoms with Crippen molar-refractivity contribution < 1.29 is 4.42 Å². The Kier molecular flexibility index (Phi) is 7.18. The van der Waals surface area contributed by atoms with Gasteiger partial charge in [-0.05, 0) is 91.8 Å². The maximum atomic E-state index is 7.09. The van der Waals surface area contributed by atoms with Gasteiger partial charge in [-0.3, -0.25) is 0 Å². The van der Waals surface area contributed by atoms with Crippen LogP contribution in [0.1, 0.15) is 0 Å². The topological polar surface area (TPSA) is 16.4 Å². The molecule has 0 radical (unpaired) electrons. The fraction of sp³-hybridized carbons (Fsp3) is 0. The average molecular weight is 664 g/mol. The predicted molar refractivity (Wildman–Crippen MR) is 220 cm³/mol. The van der Waals surface area contributed by atoms with Crippen LogP contribution in [0.4, 0.5) is 17.1 Å². The van der Waals surface area contributed by atoms with Crippen LogP contribution in [0.15, 0.2) is 205 Å². The van der Waals surface area contributed by atoms with Gasteiger partial charge in [-0.25, -0.2) is 0 Å². The smallest absolute Gasteiger partial charge is 0.159 e. The zero-order valence-electron chi connectivity index (χ0n) is 28.4. The lowest BCUT2D eigenvalue weighted by atomic mass is 9.96. The van der Waals surface area contributed by atoms with Crippen LogP contribution in [0.25, 0.3) is 76.9 Å². The Hall–Kier alpha value is -6.90. The highest BCUT2D eigenvalue weighted by Crippen LogP contribution is 2.46. The molecule has 0 atom stereocenters. The van der Waals surface area contributed by atoms with Crippen molar-refractivity contribution in [1.29, 1.82) is 0 Å². The van der Waals surface area contributed by atoms with Crippen LogP contribution < -0.4 is 4.90 Å². The van der Waals surface area contributed by atoms with Gasteiger partial charge in [0, 0.05) is 27.7 Å². The molecule has 0 saturated heterocycles. The van der Waals surface area contributed by atoms with Crippen molar-refractivity contribution in [3.05, 3.63) is 200 Å². The second-order valence-electron chi connectivity index (χ2n) is 13.3. The lowest BCUT2D eigenvalue weighted by Gasteiger charge is -2.26. The normalized spacial score (nSPS) is 11.5.